The molecule has 2 aromatic rings. The Morgan fingerprint density at radius 2 is 1.00 bits per heavy atom. The summed E-state index contributed by atoms with van der Waals surface area (Å²) in [4.78, 5) is 19.4. The summed E-state index contributed by atoms with van der Waals surface area (Å²) in [5.41, 5.74) is 0.192. The number of benzene rings is 2. The maximum absolute atomic E-state index is 10.6. The van der Waals surface area contributed by atoms with E-state index in [1.807, 2.05) is 0 Å². The summed E-state index contributed by atoms with van der Waals surface area (Å²) in [6.45, 7) is 0. The van der Waals surface area contributed by atoms with Crippen LogP contribution in [0.2, 0.25) is 10.0 Å². The molecular weight excluding hydrogens is 455 g/mol. The minimum absolute atomic E-state index is 0. The van der Waals surface area contributed by atoms with Gasteiger partial charge in [-0.05, 0) is 24.3 Å². The van der Waals surface area contributed by atoms with Crippen LogP contribution in [-0.2, 0) is 20.2 Å². The normalized spacial score (nSPS) is 10.8. The fraction of sp³-hybridized carbons (Fsp3) is 0. The Morgan fingerprint density at radius 3 is 1.22 bits per heavy atom. The monoisotopic (exact) mass is 462 g/mol. The van der Waals surface area contributed by atoms with Crippen LogP contribution in [0.3, 0.4) is 0 Å². The van der Waals surface area contributed by atoms with Crippen LogP contribution in [0.5, 0.6) is 0 Å². The van der Waals surface area contributed by atoms with Gasteiger partial charge in [0.25, 0.3) is 0 Å². The zero-order valence-corrected chi connectivity index (χ0v) is 17.7. The predicted molar refractivity (Wildman–Crippen MR) is 95.4 cm³/mol. The molecule has 0 spiro atoms. The first-order valence-electron chi connectivity index (χ1n) is 6.31. The minimum Gasteiger partial charge on any atom is -0.744 e. The van der Waals surface area contributed by atoms with Crippen LogP contribution in [-0.4, -0.2) is 61.6 Å². The average molecular weight is 464 g/mol. The first kappa shape index (κ1) is 25.9. The first-order chi connectivity index (χ1) is 11.9. The van der Waals surface area contributed by atoms with Crippen LogP contribution < -0.4 is 0 Å². The second-order valence-electron chi connectivity index (χ2n) is 4.52. The smallest absolute Gasteiger partial charge is 0.744 e. The number of aldehydes is 2. The molecule has 13 heteroatoms. The van der Waals surface area contributed by atoms with Crippen molar-refractivity contribution < 1.29 is 35.5 Å². The van der Waals surface area contributed by atoms with Crippen molar-refractivity contribution in [2.24, 2.45) is 0 Å². The van der Waals surface area contributed by atoms with Gasteiger partial charge >= 0.3 is 23.1 Å². The molecule has 0 atom stereocenters. The van der Waals surface area contributed by atoms with E-state index in [0.29, 0.717) is 12.6 Å². The molecule has 0 aliphatic rings. The van der Waals surface area contributed by atoms with Crippen LogP contribution in [0.15, 0.2) is 46.2 Å². The van der Waals surface area contributed by atoms with Crippen molar-refractivity contribution in [3.63, 3.8) is 0 Å². The minimum atomic E-state index is -4.61. The second kappa shape index (κ2) is 10.5. The van der Waals surface area contributed by atoms with Crippen molar-refractivity contribution in [1.82, 2.24) is 0 Å². The van der Waals surface area contributed by atoms with Crippen molar-refractivity contribution >= 4 is 79.1 Å². The van der Waals surface area contributed by atoms with Gasteiger partial charge in [0.15, 0.2) is 0 Å². The summed E-state index contributed by atoms with van der Waals surface area (Å²) in [5, 5.41) is -0.360. The molecule has 0 radical (unpaired) electrons. The Bertz CT molecular complexity index is 967. The van der Waals surface area contributed by atoms with Gasteiger partial charge in [0.1, 0.15) is 32.8 Å². The Balaban J connectivity index is 0.000000483. The van der Waals surface area contributed by atoms with Gasteiger partial charge in [-0.2, -0.15) is 0 Å². The zero-order valence-electron chi connectivity index (χ0n) is 13.2. The van der Waals surface area contributed by atoms with Crippen LogP contribution in [0.25, 0.3) is 0 Å². The van der Waals surface area contributed by atoms with Crippen molar-refractivity contribution in [3.05, 3.63) is 57.6 Å². The van der Waals surface area contributed by atoms with E-state index < -0.39 is 30.0 Å². The van der Waals surface area contributed by atoms with Gasteiger partial charge in [0.2, 0.25) is 0 Å². The van der Waals surface area contributed by atoms with Gasteiger partial charge < -0.3 is 9.11 Å². The van der Waals surface area contributed by atoms with E-state index in [-0.39, 0.29) is 44.2 Å². The molecule has 0 aliphatic heterocycles. The quantitative estimate of drug-likeness (QED) is 0.378. The molecular formula is C14H8Cl2MgO8S2. The average Bonchev–Trinajstić information content (AvgIpc) is 2.54. The molecule has 0 heterocycles. The first-order valence-corrected chi connectivity index (χ1v) is 9.88. The van der Waals surface area contributed by atoms with E-state index in [9.17, 15) is 35.5 Å². The Kier molecular flexibility index (Phi) is 10.1. The molecule has 0 unspecified atom stereocenters. The van der Waals surface area contributed by atoms with Gasteiger partial charge in [0, 0.05) is 11.1 Å². The fourth-order valence-corrected chi connectivity index (χ4v) is 3.55. The van der Waals surface area contributed by atoms with Gasteiger partial charge in [-0.25, -0.2) is 16.8 Å². The number of rotatable bonds is 4. The molecule has 0 aromatic heterocycles. The molecule has 8 nitrogen and oxygen atoms in total. The fourth-order valence-electron chi connectivity index (χ4n) is 1.57. The van der Waals surface area contributed by atoms with E-state index in [1.54, 1.807) is 0 Å². The number of hydrogen-bond donors (Lipinski definition) is 0. The Hall–Kier alpha value is -1.05. The molecule has 0 amide bonds. The van der Waals surface area contributed by atoms with Gasteiger partial charge in [-0.1, -0.05) is 35.3 Å². The van der Waals surface area contributed by atoms with Crippen molar-refractivity contribution in [3.8, 4) is 0 Å². The van der Waals surface area contributed by atoms with Gasteiger partial charge in [0.05, 0.1) is 19.8 Å². The summed E-state index contributed by atoms with van der Waals surface area (Å²) < 4.78 is 63.4. The van der Waals surface area contributed by atoms with Gasteiger partial charge in [-0.15, -0.1) is 0 Å². The van der Waals surface area contributed by atoms with E-state index in [4.69, 9.17) is 23.2 Å². The SMILES string of the molecule is O=Cc1ccc(Cl)c(S(=O)(=O)[O-])c1.O=Cc1ccc(Cl)c(S(=O)(=O)[O-])c1.[Mg+2]. The van der Waals surface area contributed by atoms with Crippen LogP contribution in [0.1, 0.15) is 20.7 Å². The number of carbonyl (C=O) groups is 2. The van der Waals surface area contributed by atoms with Crippen LogP contribution in [0, 0.1) is 0 Å². The number of hydrogen-bond acceptors (Lipinski definition) is 8. The van der Waals surface area contributed by atoms with Crippen molar-refractivity contribution in [2.75, 3.05) is 0 Å². The molecule has 2 rings (SSSR count). The van der Waals surface area contributed by atoms with Crippen molar-refractivity contribution in [2.45, 2.75) is 9.79 Å². The van der Waals surface area contributed by atoms with E-state index >= 15 is 0 Å². The predicted octanol–water partition coefficient (Wildman–Crippen LogP) is 1.73. The zero-order chi connectivity index (χ0) is 20.1. The molecule has 27 heavy (non-hydrogen) atoms. The number of carbonyl (C=O) groups excluding carboxylic acids is 2. The van der Waals surface area contributed by atoms with Gasteiger partial charge in [-0.3, -0.25) is 9.59 Å². The van der Waals surface area contributed by atoms with E-state index in [2.05, 4.69) is 0 Å². The molecule has 0 saturated heterocycles. The molecule has 2 aromatic carbocycles. The molecule has 0 N–H and O–H groups in total. The topological polar surface area (TPSA) is 149 Å². The summed E-state index contributed by atoms with van der Waals surface area (Å²) in [6, 6.07) is 6.91. The third kappa shape index (κ3) is 7.83. The van der Waals surface area contributed by atoms with E-state index in [0.717, 1.165) is 12.1 Å². The molecule has 140 valence electrons. The summed E-state index contributed by atoms with van der Waals surface area (Å²) in [5.74, 6) is 0. The molecule has 0 bridgehead atoms. The van der Waals surface area contributed by atoms with Crippen LogP contribution in [0.4, 0.5) is 0 Å². The third-order valence-corrected chi connectivity index (χ3v) is 5.36. The summed E-state index contributed by atoms with van der Waals surface area (Å²) >= 11 is 10.9. The molecule has 0 fully saturated rings. The largest absolute Gasteiger partial charge is 2.00 e. The maximum atomic E-state index is 10.6. The standard InChI is InChI=1S/2C7H5ClO4S.Mg/c2*8-6-2-1-5(4-9)3-7(6)13(10,11)12;/h2*1-4H,(H,10,11,12);/q;;+2/p-2. The van der Waals surface area contributed by atoms with Crippen molar-refractivity contribution in [1.29, 1.82) is 0 Å². The molecule has 0 aliphatic carbocycles. The Morgan fingerprint density at radius 1 is 0.704 bits per heavy atom. The second-order valence-corrected chi connectivity index (χ2v) is 8.03. The summed E-state index contributed by atoms with van der Waals surface area (Å²) in [7, 11) is -9.21. The molecule has 0 saturated carbocycles. The van der Waals surface area contributed by atoms with E-state index in [1.165, 1.54) is 24.3 Å². The third-order valence-electron chi connectivity index (χ3n) is 2.72. The maximum Gasteiger partial charge on any atom is 2.00 e. The van der Waals surface area contributed by atoms with Crippen LogP contribution >= 0.6 is 23.2 Å². The Labute approximate surface area is 181 Å². The number of halogens is 2. The summed E-state index contributed by atoms with van der Waals surface area (Å²) in [6.07, 6.45) is 0.871.